The van der Waals surface area contributed by atoms with E-state index in [0.29, 0.717) is 18.7 Å². The lowest BCUT2D eigenvalue weighted by molar-refractivity contribution is -0.122. The minimum Gasteiger partial charge on any atom is -0.356 e. The molecule has 0 saturated heterocycles. The Kier molecular flexibility index (Phi) is 6.43. The van der Waals surface area contributed by atoms with Crippen LogP contribution in [-0.4, -0.2) is 28.1 Å². The van der Waals surface area contributed by atoms with Crippen LogP contribution < -0.4 is 10.6 Å². The van der Waals surface area contributed by atoms with E-state index in [1.54, 1.807) is 20.0 Å². The third-order valence-corrected chi connectivity index (χ3v) is 3.98. The first-order valence-corrected chi connectivity index (χ1v) is 8.33. The standard InChI is InChI=1S/C18H22F2N4O2/c1-11(23-18(26)5-4-8-21-13(3)25)15-10-22-24(12(15)2)17-7-6-14(19)9-16(17)20/h6-7,9-11H,4-5,8H2,1-3H3,(H,21,25)(H,23,26). The second kappa shape index (κ2) is 8.55. The summed E-state index contributed by atoms with van der Waals surface area (Å²) in [7, 11) is 0. The lowest BCUT2D eigenvalue weighted by Gasteiger charge is -2.14. The number of hydrogen-bond acceptors (Lipinski definition) is 3. The zero-order valence-corrected chi connectivity index (χ0v) is 15.0. The summed E-state index contributed by atoms with van der Waals surface area (Å²) in [5, 5.41) is 9.64. The highest BCUT2D eigenvalue weighted by molar-refractivity contribution is 5.76. The lowest BCUT2D eigenvalue weighted by Crippen LogP contribution is -2.28. The highest BCUT2D eigenvalue weighted by Crippen LogP contribution is 2.22. The van der Waals surface area contributed by atoms with Gasteiger partial charge in [0.15, 0.2) is 5.82 Å². The van der Waals surface area contributed by atoms with Crippen molar-refractivity contribution in [3.8, 4) is 5.69 Å². The molecular weight excluding hydrogens is 342 g/mol. The number of nitrogens with zero attached hydrogens (tertiary/aromatic N) is 2. The molecule has 1 aromatic heterocycles. The minimum absolute atomic E-state index is 0.130. The molecule has 0 aliphatic heterocycles. The number of carbonyl (C=O) groups is 2. The van der Waals surface area contributed by atoms with Gasteiger partial charge in [0.2, 0.25) is 11.8 Å². The van der Waals surface area contributed by atoms with Crippen LogP contribution in [-0.2, 0) is 9.59 Å². The van der Waals surface area contributed by atoms with Crippen LogP contribution in [0.1, 0.15) is 44.0 Å². The van der Waals surface area contributed by atoms with E-state index in [4.69, 9.17) is 0 Å². The maximum Gasteiger partial charge on any atom is 0.220 e. The molecule has 0 bridgehead atoms. The van der Waals surface area contributed by atoms with Gasteiger partial charge >= 0.3 is 0 Å². The maximum atomic E-state index is 14.0. The van der Waals surface area contributed by atoms with Gasteiger partial charge in [0.05, 0.1) is 12.2 Å². The molecule has 2 N–H and O–H groups in total. The smallest absolute Gasteiger partial charge is 0.220 e. The number of amides is 2. The van der Waals surface area contributed by atoms with E-state index in [9.17, 15) is 18.4 Å². The van der Waals surface area contributed by atoms with E-state index in [-0.39, 0.29) is 30.0 Å². The Morgan fingerprint density at radius 3 is 2.69 bits per heavy atom. The number of carbonyl (C=O) groups excluding carboxylic acids is 2. The Hall–Kier alpha value is -2.77. The van der Waals surface area contributed by atoms with Gasteiger partial charge in [0.1, 0.15) is 11.5 Å². The largest absolute Gasteiger partial charge is 0.356 e. The molecule has 0 aliphatic rings. The fourth-order valence-electron chi connectivity index (χ4n) is 2.65. The molecule has 1 heterocycles. The van der Waals surface area contributed by atoms with E-state index in [1.807, 2.05) is 0 Å². The SMILES string of the molecule is CC(=O)NCCCC(=O)NC(C)c1cnn(-c2ccc(F)cc2F)c1C. The molecule has 8 heteroatoms. The monoisotopic (exact) mass is 364 g/mol. The fraction of sp³-hybridized carbons (Fsp3) is 0.389. The van der Waals surface area contributed by atoms with E-state index in [2.05, 4.69) is 15.7 Å². The van der Waals surface area contributed by atoms with Crippen molar-refractivity contribution in [2.24, 2.45) is 0 Å². The average Bonchev–Trinajstić information content (AvgIpc) is 2.93. The van der Waals surface area contributed by atoms with Gasteiger partial charge in [-0.1, -0.05) is 0 Å². The van der Waals surface area contributed by atoms with Gasteiger partial charge in [0.25, 0.3) is 0 Å². The number of halogens is 2. The zero-order valence-electron chi connectivity index (χ0n) is 15.0. The number of nitrogens with one attached hydrogen (secondary N) is 2. The number of rotatable bonds is 7. The Bertz CT molecular complexity index is 804. The third kappa shape index (κ3) is 4.87. The second-order valence-corrected chi connectivity index (χ2v) is 6.07. The van der Waals surface area contributed by atoms with Crippen molar-refractivity contribution in [1.82, 2.24) is 20.4 Å². The van der Waals surface area contributed by atoms with Crippen molar-refractivity contribution >= 4 is 11.8 Å². The molecule has 140 valence electrons. The molecule has 2 rings (SSSR count). The molecule has 1 unspecified atom stereocenters. The van der Waals surface area contributed by atoms with Crippen molar-refractivity contribution < 1.29 is 18.4 Å². The Morgan fingerprint density at radius 1 is 1.31 bits per heavy atom. The second-order valence-electron chi connectivity index (χ2n) is 6.07. The van der Waals surface area contributed by atoms with Gasteiger partial charge in [-0.25, -0.2) is 13.5 Å². The molecule has 0 radical (unpaired) electrons. The van der Waals surface area contributed by atoms with E-state index >= 15 is 0 Å². The van der Waals surface area contributed by atoms with Crippen molar-refractivity contribution in [2.75, 3.05) is 6.54 Å². The summed E-state index contributed by atoms with van der Waals surface area (Å²) >= 11 is 0. The predicted molar refractivity (Wildman–Crippen MR) is 92.7 cm³/mol. The molecule has 2 amide bonds. The van der Waals surface area contributed by atoms with Crippen LogP contribution in [0.5, 0.6) is 0 Å². The van der Waals surface area contributed by atoms with Gasteiger partial charge in [-0.15, -0.1) is 0 Å². The normalized spacial score (nSPS) is 11.9. The first kappa shape index (κ1) is 19.6. The first-order valence-electron chi connectivity index (χ1n) is 8.33. The summed E-state index contributed by atoms with van der Waals surface area (Å²) in [5.41, 5.74) is 1.54. The van der Waals surface area contributed by atoms with Crippen LogP contribution in [0.25, 0.3) is 5.69 Å². The molecule has 0 saturated carbocycles. The van der Waals surface area contributed by atoms with Crippen LogP contribution in [0.2, 0.25) is 0 Å². The molecular formula is C18H22F2N4O2. The van der Waals surface area contributed by atoms with Gasteiger partial charge < -0.3 is 10.6 Å². The summed E-state index contributed by atoms with van der Waals surface area (Å²) in [6.07, 6.45) is 2.38. The predicted octanol–water partition coefficient (Wildman–Crippen LogP) is 2.55. The van der Waals surface area contributed by atoms with Crippen molar-refractivity contribution in [3.63, 3.8) is 0 Å². The summed E-state index contributed by atoms with van der Waals surface area (Å²) in [5.74, 6) is -1.65. The van der Waals surface area contributed by atoms with E-state index < -0.39 is 11.6 Å². The maximum absolute atomic E-state index is 14.0. The molecule has 1 atom stereocenters. The molecule has 6 nitrogen and oxygen atoms in total. The lowest BCUT2D eigenvalue weighted by atomic mass is 10.1. The van der Waals surface area contributed by atoms with Crippen molar-refractivity contribution in [1.29, 1.82) is 0 Å². The van der Waals surface area contributed by atoms with Crippen LogP contribution in [0, 0.1) is 18.6 Å². The highest BCUT2D eigenvalue weighted by atomic mass is 19.1. The molecule has 2 aromatic rings. The molecule has 1 aromatic carbocycles. The van der Waals surface area contributed by atoms with E-state index in [1.165, 1.54) is 23.7 Å². The van der Waals surface area contributed by atoms with Crippen LogP contribution in [0.15, 0.2) is 24.4 Å². The van der Waals surface area contributed by atoms with Crippen LogP contribution >= 0.6 is 0 Å². The average molecular weight is 364 g/mol. The van der Waals surface area contributed by atoms with Gasteiger partial charge in [-0.2, -0.15) is 5.10 Å². The Labute approximate surface area is 150 Å². The zero-order chi connectivity index (χ0) is 19.3. The van der Waals surface area contributed by atoms with Crippen LogP contribution in [0.4, 0.5) is 8.78 Å². The molecule has 0 spiro atoms. The van der Waals surface area contributed by atoms with Crippen LogP contribution in [0.3, 0.4) is 0 Å². The molecule has 26 heavy (non-hydrogen) atoms. The van der Waals surface area contributed by atoms with Gasteiger partial charge in [0, 0.05) is 37.2 Å². The fourth-order valence-corrected chi connectivity index (χ4v) is 2.65. The van der Waals surface area contributed by atoms with Gasteiger partial charge in [-0.05, 0) is 32.4 Å². The van der Waals surface area contributed by atoms with Crippen molar-refractivity contribution in [2.45, 2.75) is 39.7 Å². The molecule has 0 fully saturated rings. The summed E-state index contributed by atoms with van der Waals surface area (Å²) in [4.78, 5) is 22.8. The summed E-state index contributed by atoms with van der Waals surface area (Å²) < 4.78 is 28.4. The number of benzene rings is 1. The van der Waals surface area contributed by atoms with Gasteiger partial charge in [-0.3, -0.25) is 9.59 Å². The Morgan fingerprint density at radius 2 is 2.04 bits per heavy atom. The highest BCUT2D eigenvalue weighted by Gasteiger charge is 2.18. The summed E-state index contributed by atoms with van der Waals surface area (Å²) in [6, 6.07) is 2.97. The third-order valence-electron chi connectivity index (χ3n) is 3.98. The summed E-state index contributed by atoms with van der Waals surface area (Å²) in [6.45, 7) is 5.43. The Balaban J connectivity index is 2.02. The topological polar surface area (TPSA) is 76.0 Å². The van der Waals surface area contributed by atoms with E-state index in [0.717, 1.165) is 11.6 Å². The first-order chi connectivity index (χ1) is 12.3. The van der Waals surface area contributed by atoms with Crippen molar-refractivity contribution in [3.05, 3.63) is 47.3 Å². The number of aromatic nitrogens is 2. The number of hydrogen-bond donors (Lipinski definition) is 2. The minimum atomic E-state index is -0.711. The molecule has 0 aliphatic carbocycles. The quantitative estimate of drug-likeness (QED) is 0.742.